The molecule has 4 aliphatic carbocycles. The van der Waals surface area contributed by atoms with Crippen molar-refractivity contribution in [3.05, 3.63) is 23.3 Å². The van der Waals surface area contributed by atoms with Gasteiger partial charge in [-0.05, 0) is 84.5 Å². The van der Waals surface area contributed by atoms with Gasteiger partial charge in [0.15, 0.2) is 0 Å². The fourth-order valence-corrected chi connectivity index (χ4v) is 8.20. The molecule has 0 aromatic carbocycles. The molecule has 2 nitrogen and oxygen atoms in total. The highest BCUT2D eigenvalue weighted by atomic mass is 16.3. The lowest BCUT2D eigenvalue weighted by Crippen LogP contribution is -2.46. The van der Waals surface area contributed by atoms with E-state index >= 15 is 0 Å². The first kappa shape index (κ1) is 23.3. The maximum absolute atomic E-state index is 13.5. The lowest BCUT2D eigenvalue weighted by Gasteiger charge is -2.52. The third-order valence-electron chi connectivity index (χ3n) is 10.7. The van der Waals surface area contributed by atoms with Gasteiger partial charge in [-0.2, -0.15) is 0 Å². The normalized spacial score (nSPS) is 42.3. The van der Waals surface area contributed by atoms with Gasteiger partial charge in [-0.3, -0.25) is 4.79 Å². The minimum atomic E-state index is -0.385. The largest absolute Gasteiger partial charge is 0.389 e. The van der Waals surface area contributed by atoms with Gasteiger partial charge < -0.3 is 5.11 Å². The number of Topliss-reactive ketones (excluding diaryl/α,β-unsaturated/α-hetero) is 1. The molecule has 2 heteroatoms. The topological polar surface area (TPSA) is 37.3 Å². The molecule has 4 rings (SSSR count). The molecule has 8 atom stereocenters. The Morgan fingerprint density at radius 1 is 1.03 bits per heavy atom. The number of carbonyl (C=O) groups excluding carboxylic acids is 1. The number of allylic oxidation sites excluding steroid dienone is 2. The first-order chi connectivity index (χ1) is 14.5. The number of hydrogen-bond donors (Lipinski definition) is 1. The van der Waals surface area contributed by atoms with Crippen LogP contribution in [0, 0.1) is 46.3 Å². The molecule has 0 aliphatic heterocycles. The zero-order valence-electron chi connectivity index (χ0n) is 21.0. The fourth-order valence-electron chi connectivity index (χ4n) is 8.20. The Bertz CT molecular complexity index is 776. The maximum Gasteiger partial charge on any atom is 0.140 e. The van der Waals surface area contributed by atoms with E-state index in [2.05, 4.69) is 48.1 Å². The Morgan fingerprint density at radius 3 is 2.42 bits per heavy atom. The van der Waals surface area contributed by atoms with Crippen molar-refractivity contribution in [2.45, 2.75) is 105 Å². The van der Waals surface area contributed by atoms with Crippen molar-refractivity contribution in [1.29, 1.82) is 0 Å². The number of carbonyl (C=O) groups is 1. The second-order valence-corrected chi connectivity index (χ2v) is 12.6. The van der Waals surface area contributed by atoms with E-state index in [0.717, 1.165) is 55.9 Å². The van der Waals surface area contributed by atoms with E-state index in [0.29, 0.717) is 17.6 Å². The van der Waals surface area contributed by atoms with E-state index in [1.165, 1.54) is 19.3 Å². The zero-order valence-corrected chi connectivity index (χ0v) is 21.0. The number of hydrogen-bond acceptors (Lipinski definition) is 2. The predicted molar refractivity (Wildman–Crippen MR) is 129 cm³/mol. The number of aliphatic hydroxyl groups is 1. The quantitative estimate of drug-likeness (QED) is 0.475. The Kier molecular flexibility index (Phi) is 6.12. The molecule has 31 heavy (non-hydrogen) atoms. The molecule has 8 unspecified atom stereocenters. The molecule has 0 bridgehead atoms. The van der Waals surface area contributed by atoms with Crippen molar-refractivity contribution >= 4 is 5.78 Å². The van der Waals surface area contributed by atoms with Crippen LogP contribution in [0.2, 0.25) is 0 Å². The summed E-state index contributed by atoms with van der Waals surface area (Å²) in [6, 6.07) is 0. The summed E-state index contributed by atoms with van der Waals surface area (Å²) in [5.41, 5.74) is 4.44. The summed E-state index contributed by atoms with van der Waals surface area (Å²) >= 11 is 0. The van der Waals surface area contributed by atoms with Crippen LogP contribution in [0.25, 0.3) is 0 Å². The summed E-state index contributed by atoms with van der Waals surface area (Å²) in [5, 5.41) is 10.5. The Labute approximate surface area is 191 Å². The van der Waals surface area contributed by atoms with Crippen molar-refractivity contribution in [2.24, 2.45) is 46.3 Å². The highest BCUT2D eigenvalue weighted by Gasteiger charge is 2.59. The summed E-state index contributed by atoms with van der Waals surface area (Å²) in [7, 11) is 0. The minimum absolute atomic E-state index is 0.0782. The van der Waals surface area contributed by atoms with Gasteiger partial charge in [0, 0.05) is 12.3 Å². The highest BCUT2D eigenvalue weighted by molar-refractivity contribution is 5.85. The van der Waals surface area contributed by atoms with Gasteiger partial charge in [0.1, 0.15) is 5.78 Å². The van der Waals surface area contributed by atoms with Crippen LogP contribution in [-0.2, 0) is 4.79 Å². The monoisotopic (exact) mass is 426 g/mol. The van der Waals surface area contributed by atoms with E-state index in [9.17, 15) is 9.90 Å². The fraction of sp³-hybridized carbons (Fsp3) is 0.828. The summed E-state index contributed by atoms with van der Waals surface area (Å²) in [4.78, 5) is 13.5. The van der Waals surface area contributed by atoms with Crippen molar-refractivity contribution in [3.63, 3.8) is 0 Å². The molecule has 2 fully saturated rings. The van der Waals surface area contributed by atoms with Gasteiger partial charge >= 0.3 is 0 Å². The molecule has 0 aromatic rings. The lowest BCUT2D eigenvalue weighted by molar-refractivity contribution is -0.122. The van der Waals surface area contributed by atoms with Crippen LogP contribution in [0.5, 0.6) is 0 Å². The predicted octanol–water partition coefficient (Wildman–Crippen LogP) is 7.12. The Hall–Kier alpha value is -0.890. The molecule has 0 radical (unpaired) electrons. The molecule has 0 amide bonds. The van der Waals surface area contributed by atoms with E-state index in [4.69, 9.17) is 0 Å². The van der Waals surface area contributed by atoms with Gasteiger partial charge in [0.25, 0.3) is 0 Å². The molecular weight excluding hydrogens is 380 g/mol. The first-order valence-electron chi connectivity index (χ1n) is 13.1. The third kappa shape index (κ3) is 3.60. The van der Waals surface area contributed by atoms with E-state index in [1.807, 2.05) is 0 Å². The number of ketones is 1. The van der Waals surface area contributed by atoms with Crippen LogP contribution >= 0.6 is 0 Å². The summed E-state index contributed by atoms with van der Waals surface area (Å²) in [6.07, 6.45) is 9.12. The van der Waals surface area contributed by atoms with Gasteiger partial charge in [-0.25, -0.2) is 0 Å². The van der Waals surface area contributed by atoms with Gasteiger partial charge in [0.05, 0.1) is 6.10 Å². The molecular formula is C29H46O2. The smallest absolute Gasteiger partial charge is 0.140 e. The molecule has 174 valence electrons. The number of fused-ring (bicyclic) bond motifs is 2. The first-order valence-corrected chi connectivity index (χ1v) is 13.1. The summed E-state index contributed by atoms with van der Waals surface area (Å²) < 4.78 is 0. The average Bonchev–Trinajstić information content (AvgIpc) is 3.03. The average molecular weight is 427 g/mol. The molecule has 0 saturated heterocycles. The molecule has 0 heterocycles. The molecule has 0 aromatic heterocycles. The Morgan fingerprint density at radius 2 is 1.74 bits per heavy atom. The van der Waals surface area contributed by atoms with Crippen LogP contribution in [0.4, 0.5) is 0 Å². The van der Waals surface area contributed by atoms with E-state index in [1.54, 1.807) is 11.1 Å². The highest BCUT2D eigenvalue weighted by Crippen LogP contribution is 2.67. The van der Waals surface area contributed by atoms with Gasteiger partial charge in [0.2, 0.25) is 0 Å². The second kappa shape index (κ2) is 8.15. The minimum Gasteiger partial charge on any atom is -0.389 e. The number of aliphatic hydroxyl groups excluding tert-OH is 1. The third-order valence-corrected chi connectivity index (χ3v) is 10.7. The molecule has 2 saturated carbocycles. The lowest BCUT2D eigenvalue weighted by atomic mass is 9.52. The zero-order chi connectivity index (χ0) is 22.7. The van der Waals surface area contributed by atoms with Crippen molar-refractivity contribution in [1.82, 2.24) is 0 Å². The van der Waals surface area contributed by atoms with E-state index < -0.39 is 0 Å². The van der Waals surface area contributed by atoms with Gasteiger partial charge in [-0.1, -0.05) is 72.1 Å². The standard InChI is InChI=1S/C29H46O2/c1-17(2)18(3)8-9-19(4)22-10-11-26(31)21-16-24-20(5)25(30)13-15-28(24,6)23-12-14-29(22,7)27(21)23/h17-19,21-22,24-25,30H,5,8-16H2,1-4,6-7H3. The van der Waals surface area contributed by atoms with Crippen molar-refractivity contribution < 1.29 is 9.90 Å². The molecule has 4 aliphatic rings. The van der Waals surface area contributed by atoms with Crippen LogP contribution in [0.3, 0.4) is 0 Å². The van der Waals surface area contributed by atoms with Crippen molar-refractivity contribution in [3.8, 4) is 0 Å². The van der Waals surface area contributed by atoms with Crippen LogP contribution in [0.15, 0.2) is 23.3 Å². The van der Waals surface area contributed by atoms with E-state index in [-0.39, 0.29) is 28.8 Å². The van der Waals surface area contributed by atoms with Gasteiger partial charge in [-0.15, -0.1) is 0 Å². The van der Waals surface area contributed by atoms with Crippen LogP contribution in [0.1, 0.15) is 99.3 Å². The SMILES string of the molecule is C=C1C(O)CCC2(C)C3=C4C(CC12)C(=O)CCC(C(C)CCC(C)C(C)C)C4(C)CC3. The molecule has 0 spiro atoms. The van der Waals surface area contributed by atoms with Crippen LogP contribution in [-0.4, -0.2) is 17.0 Å². The maximum atomic E-state index is 13.5. The molecule has 1 N–H and O–H groups in total. The second-order valence-electron chi connectivity index (χ2n) is 12.6. The van der Waals surface area contributed by atoms with Crippen molar-refractivity contribution in [2.75, 3.05) is 0 Å². The summed E-state index contributed by atoms with van der Waals surface area (Å²) in [5.74, 6) is 3.61. The summed E-state index contributed by atoms with van der Waals surface area (Å²) in [6.45, 7) is 18.8. The van der Waals surface area contributed by atoms with Crippen LogP contribution < -0.4 is 0 Å². The number of rotatable bonds is 5. The Balaban J connectivity index is 1.69.